The number of rotatable bonds is 6. The number of amides is 1. The van der Waals surface area contributed by atoms with E-state index in [9.17, 15) is 9.90 Å². The molecule has 0 unspecified atom stereocenters. The molecule has 144 valence electrons. The van der Waals surface area contributed by atoms with Gasteiger partial charge >= 0.3 is 0 Å². The van der Waals surface area contributed by atoms with E-state index >= 15 is 0 Å². The van der Waals surface area contributed by atoms with Crippen molar-refractivity contribution < 1.29 is 14.6 Å². The van der Waals surface area contributed by atoms with Gasteiger partial charge in [0.15, 0.2) is 6.61 Å². The summed E-state index contributed by atoms with van der Waals surface area (Å²) in [6, 6.07) is 11.0. The van der Waals surface area contributed by atoms with E-state index in [4.69, 9.17) is 4.74 Å². The first-order valence-electron chi connectivity index (χ1n) is 9.00. The van der Waals surface area contributed by atoms with Gasteiger partial charge in [0.25, 0.3) is 5.91 Å². The molecule has 0 aliphatic carbocycles. The zero-order valence-corrected chi connectivity index (χ0v) is 15.1. The van der Waals surface area contributed by atoms with Gasteiger partial charge < -0.3 is 14.7 Å². The Bertz CT molecular complexity index is 901. The number of benzene rings is 1. The number of tetrazole rings is 1. The van der Waals surface area contributed by atoms with E-state index in [1.165, 1.54) is 11.0 Å². The number of hydrogen-bond donors (Lipinski definition) is 1. The van der Waals surface area contributed by atoms with E-state index in [1.807, 2.05) is 12.1 Å². The molecule has 0 radical (unpaired) electrons. The van der Waals surface area contributed by atoms with Gasteiger partial charge in [0, 0.05) is 31.4 Å². The van der Waals surface area contributed by atoms with Crippen molar-refractivity contribution in [3.8, 4) is 11.4 Å². The predicted molar refractivity (Wildman–Crippen MR) is 98.7 cm³/mol. The quantitative estimate of drug-likeness (QED) is 0.664. The highest BCUT2D eigenvalue weighted by atomic mass is 16.5. The molecule has 1 amide bonds. The van der Waals surface area contributed by atoms with Crippen LogP contribution in [0.15, 0.2) is 55.1 Å². The second-order valence-corrected chi connectivity index (χ2v) is 6.72. The monoisotopic (exact) mass is 380 g/mol. The molecule has 1 saturated heterocycles. The Hall–Kier alpha value is -3.33. The van der Waals surface area contributed by atoms with Crippen molar-refractivity contribution in [2.45, 2.75) is 12.5 Å². The highest BCUT2D eigenvalue weighted by molar-refractivity contribution is 5.78. The minimum Gasteiger partial charge on any atom is -0.484 e. The number of β-amino-alcohol motifs (C(OH)–C–C–N with tert-alkyl or cyclic N) is 1. The maximum atomic E-state index is 12.5. The maximum Gasteiger partial charge on any atom is 0.260 e. The number of ether oxygens (including phenoxy) is 1. The van der Waals surface area contributed by atoms with Crippen LogP contribution in [-0.2, 0) is 11.2 Å². The van der Waals surface area contributed by atoms with Gasteiger partial charge in [-0.15, -0.1) is 5.10 Å². The van der Waals surface area contributed by atoms with Crippen LogP contribution in [0.4, 0.5) is 0 Å². The summed E-state index contributed by atoms with van der Waals surface area (Å²) >= 11 is 0. The third-order valence-corrected chi connectivity index (χ3v) is 4.82. The summed E-state index contributed by atoms with van der Waals surface area (Å²) in [6.07, 6.45) is 5.15. The molecule has 1 aliphatic heterocycles. The van der Waals surface area contributed by atoms with Gasteiger partial charge in [0.2, 0.25) is 0 Å². The minimum absolute atomic E-state index is 0.0157. The molecule has 28 heavy (non-hydrogen) atoms. The molecule has 0 saturated carbocycles. The number of carbonyl (C=O) groups is 1. The Morgan fingerprint density at radius 3 is 2.64 bits per heavy atom. The van der Waals surface area contributed by atoms with Gasteiger partial charge in [-0.1, -0.05) is 0 Å². The molecular weight excluding hydrogens is 360 g/mol. The van der Waals surface area contributed by atoms with Crippen molar-refractivity contribution in [3.63, 3.8) is 0 Å². The Morgan fingerprint density at radius 2 is 1.93 bits per heavy atom. The molecule has 4 rings (SSSR count). The van der Waals surface area contributed by atoms with Crippen LogP contribution in [0.5, 0.6) is 5.75 Å². The van der Waals surface area contributed by atoms with Gasteiger partial charge in [-0.05, 0) is 58.8 Å². The fraction of sp³-hybridized carbons (Fsp3) is 0.316. The average molecular weight is 380 g/mol. The fourth-order valence-electron chi connectivity index (χ4n) is 3.29. The van der Waals surface area contributed by atoms with Gasteiger partial charge in [-0.2, -0.15) is 0 Å². The van der Waals surface area contributed by atoms with Crippen molar-refractivity contribution >= 4 is 5.91 Å². The first-order chi connectivity index (χ1) is 13.7. The molecule has 3 heterocycles. The van der Waals surface area contributed by atoms with Gasteiger partial charge in [0.05, 0.1) is 11.8 Å². The van der Waals surface area contributed by atoms with E-state index < -0.39 is 6.10 Å². The summed E-state index contributed by atoms with van der Waals surface area (Å²) in [5, 5.41) is 21.3. The molecule has 1 fully saturated rings. The molecule has 1 aliphatic rings. The lowest BCUT2D eigenvalue weighted by molar-refractivity contribution is -0.132. The van der Waals surface area contributed by atoms with Crippen LogP contribution in [0.1, 0.15) is 5.56 Å². The number of aromatic nitrogens is 5. The molecule has 1 aromatic carbocycles. The smallest absolute Gasteiger partial charge is 0.260 e. The lowest BCUT2D eigenvalue weighted by atomic mass is 9.97. The molecule has 9 heteroatoms. The van der Waals surface area contributed by atoms with E-state index in [-0.39, 0.29) is 18.4 Å². The standard InChI is InChI=1S/C19H20N6O3/c26-18-11-24(10-15(18)9-14-5-7-20-8-6-14)19(27)12-28-17-3-1-16(2-4-17)25-13-21-22-23-25/h1-8,13,15,18,26H,9-12H2/t15-,18-/m1/s1. The predicted octanol–water partition coefficient (Wildman–Crippen LogP) is 0.498. The number of hydrogen-bond acceptors (Lipinski definition) is 7. The van der Waals surface area contributed by atoms with Crippen LogP contribution < -0.4 is 4.74 Å². The van der Waals surface area contributed by atoms with E-state index in [0.29, 0.717) is 25.3 Å². The normalized spacial score (nSPS) is 19.0. The third kappa shape index (κ3) is 4.15. The van der Waals surface area contributed by atoms with E-state index in [2.05, 4.69) is 20.5 Å². The molecule has 3 aromatic rings. The molecule has 2 aromatic heterocycles. The molecule has 2 atom stereocenters. The Labute approximate surface area is 161 Å². The van der Waals surface area contributed by atoms with Gasteiger partial charge in [0.1, 0.15) is 12.1 Å². The van der Waals surface area contributed by atoms with Crippen molar-refractivity contribution in [2.75, 3.05) is 19.7 Å². The van der Waals surface area contributed by atoms with Crippen molar-refractivity contribution in [3.05, 3.63) is 60.7 Å². The molecular formula is C19H20N6O3. The number of pyridine rings is 1. The number of nitrogens with zero attached hydrogens (tertiary/aromatic N) is 6. The second-order valence-electron chi connectivity index (χ2n) is 6.72. The fourth-order valence-corrected chi connectivity index (χ4v) is 3.29. The molecule has 0 spiro atoms. The number of aliphatic hydroxyl groups excluding tert-OH is 1. The number of aliphatic hydroxyl groups is 1. The topological polar surface area (TPSA) is 106 Å². The lowest BCUT2D eigenvalue weighted by Gasteiger charge is -2.16. The number of likely N-dealkylation sites (tertiary alicyclic amines) is 1. The molecule has 1 N–H and O–H groups in total. The maximum absolute atomic E-state index is 12.5. The summed E-state index contributed by atoms with van der Waals surface area (Å²) in [4.78, 5) is 18.1. The second kappa shape index (κ2) is 8.13. The van der Waals surface area contributed by atoms with Gasteiger partial charge in [-0.25, -0.2) is 4.68 Å². The van der Waals surface area contributed by atoms with Crippen molar-refractivity contribution in [2.24, 2.45) is 5.92 Å². The van der Waals surface area contributed by atoms with Crippen LogP contribution in [0.25, 0.3) is 5.69 Å². The average Bonchev–Trinajstić information content (AvgIpc) is 3.38. The summed E-state index contributed by atoms with van der Waals surface area (Å²) in [7, 11) is 0. The molecule has 9 nitrogen and oxygen atoms in total. The summed E-state index contributed by atoms with van der Waals surface area (Å²) < 4.78 is 7.13. The Morgan fingerprint density at radius 1 is 1.14 bits per heavy atom. The van der Waals surface area contributed by atoms with Crippen LogP contribution in [-0.4, -0.2) is 66.9 Å². The van der Waals surface area contributed by atoms with Crippen LogP contribution in [0.2, 0.25) is 0 Å². The van der Waals surface area contributed by atoms with Crippen LogP contribution in [0.3, 0.4) is 0 Å². The largest absolute Gasteiger partial charge is 0.484 e. The first-order valence-corrected chi connectivity index (χ1v) is 9.00. The lowest BCUT2D eigenvalue weighted by Crippen LogP contribution is -2.33. The Kier molecular flexibility index (Phi) is 5.24. The number of carbonyl (C=O) groups excluding carboxylic acids is 1. The highest BCUT2D eigenvalue weighted by Crippen LogP contribution is 2.22. The van der Waals surface area contributed by atoms with Crippen molar-refractivity contribution in [1.82, 2.24) is 30.1 Å². The van der Waals surface area contributed by atoms with Crippen LogP contribution >= 0.6 is 0 Å². The van der Waals surface area contributed by atoms with Crippen LogP contribution in [0, 0.1) is 5.92 Å². The Balaban J connectivity index is 1.29. The van der Waals surface area contributed by atoms with Crippen molar-refractivity contribution in [1.29, 1.82) is 0 Å². The molecule has 0 bridgehead atoms. The summed E-state index contributed by atoms with van der Waals surface area (Å²) in [5.74, 6) is 0.459. The highest BCUT2D eigenvalue weighted by Gasteiger charge is 2.34. The van der Waals surface area contributed by atoms with Gasteiger partial charge in [-0.3, -0.25) is 9.78 Å². The zero-order chi connectivity index (χ0) is 19.3. The van der Waals surface area contributed by atoms with E-state index in [0.717, 1.165) is 11.3 Å². The van der Waals surface area contributed by atoms with E-state index in [1.54, 1.807) is 41.6 Å². The summed E-state index contributed by atoms with van der Waals surface area (Å²) in [6.45, 7) is 0.777. The first kappa shape index (κ1) is 18.1. The SMILES string of the molecule is O=C(COc1ccc(-n2cnnn2)cc1)N1C[C@@H](Cc2ccncc2)[C@H](O)C1. The summed E-state index contributed by atoms with van der Waals surface area (Å²) in [5.41, 5.74) is 1.90. The minimum atomic E-state index is -0.535. The third-order valence-electron chi connectivity index (χ3n) is 4.82. The zero-order valence-electron chi connectivity index (χ0n) is 15.1.